The van der Waals surface area contributed by atoms with Crippen molar-refractivity contribution in [2.45, 2.75) is 19.9 Å². The topological polar surface area (TPSA) is 78.5 Å². The molecule has 0 saturated carbocycles. The summed E-state index contributed by atoms with van der Waals surface area (Å²) in [7, 11) is 1.81. The number of ether oxygens (including phenoxy) is 1. The van der Waals surface area contributed by atoms with E-state index in [1.807, 2.05) is 25.4 Å². The molecule has 0 spiro atoms. The second-order valence-corrected chi connectivity index (χ2v) is 8.25. The van der Waals surface area contributed by atoms with E-state index in [9.17, 15) is 9.59 Å². The van der Waals surface area contributed by atoms with Crippen molar-refractivity contribution in [3.05, 3.63) is 83.8 Å². The van der Waals surface area contributed by atoms with Crippen LogP contribution in [0.3, 0.4) is 0 Å². The molecule has 0 N–H and O–H groups in total. The van der Waals surface area contributed by atoms with Crippen LogP contribution in [0.15, 0.2) is 57.7 Å². The van der Waals surface area contributed by atoms with Crippen molar-refractivity contribution in [2.24, 2.45) is 12.0 Å². The van der Waals surface area contributed by atoms with Gasteiger partial charge in [-0.2, -0.15) is 5.10 Å². The zero-order valence-electron chi connectivity index (χ0n) is 16.6. The second-order valence-electron chi connectivity index (χ2n) is 6.80. The predicted molar refractivity (Wildman–Crippen MR) is 115 cm³/mol. The minimum Gasteiger partial charge on any atom is -0.463 e. The smallest absolute Gasteiger partial charge is 0.338 e. The fourth-order valence-electron chi connectivity index (χ4n) is 3.42. The average Bonchev–Trinajstić information content (AvgIpc) is 3.24. The van der Waals surface area contributed by atoms with Crippen molar-refractivity contribution in [3.8, 4) is 0 Å². The van der Waals surface area contributed by atoms with E-state index in [0.29, 0.717) is 25.6 Å². The first-order valence-electron chi connectivity index (χ1n) is 9.33. The summed E-state index contributed by atoms with van der Waals surface area (Å²) in [6, 6.07) is 6.45. The quantitative estimate of drug-likeness (QED) is 0.580. The second kappa shape index (κ2) is 8.04. The van der Waals surface area contributed by atoms with E-state index < -0.39 is 12.0 Å². The van der Waals surface area contributed by atoms with Crippen LogP contribution >= 0.6 is 22.9 Å². The summed E-state index contributed by atoms with van der Waals surface area (Å²) < 4.78 is 9.01. The number of nitrogens with zero attached hydrogens (tertiary/aromatic N) is 4. The monoisotopic (exact) mass is 442 g/mol. The number of fused-ring (bicyclic) bond motifs is 1. The van der Waals surface area contributed by atoms with Gasteiger partial charge in [-0.1, -0.05) is 35.1 Å². The van der Waals surface area contributed by atoms with Crippen molar-refractivity contribution >= 4 is 35.0 Å². The highest BCUT2D eigenvalue weighted by molar-refractivity contribution is 7.07. The van der Waals surface area contributed by atoms with Crippen molar-refractivity contribution in [1.29, 1.82) is 0 Å². The van der Waals surface area contributed by atoms with E-state index in [1.165, 1.54) is 11.3 Å². The summed E-state index contributed by atoms with van der Waals surface area (Å²) in [5.41, 5.74) is 2.22. The molecule has 0 fully saturated rings. The van der Waals surface area contributed by atoms with Gasteiger partial charge in [0, 0.05) is 23.8 Å². The first-order valence-corrected chi connectivity index (χ1v) is 10.5. The maximum Gasteiger partial charge on any atom is 0.338 e. The molecule has 3 aromatic rings. The van der Waals surface area contributed by atoms with Gasteiger partial charge in [-0.3, -0.25) is 14.0 Å². The lowest BCUT2D eigenvalue weighted by Gasteiger charge is -2.24. The molecule has 0 bridgehead atoms. The van der Waals surface area contributed by atoms with Crippen molar-refractivity contribution in [3.63, 3.8) is 0 Å². The Morgan fingerprint density at radius 2 is 2.07 bits per heavy atom. The Bertz CT molecular complexity index is 1330. The Kier molecular flexibility index (Phi) is 5.44. The highest BCUT2D eigenvalue weighted by Crippen LogP contribution is 2.31. The van der Waals surface area contributed by atoms with Gasteiger partial charge in [-0.25, -0.2) is 9.79 Å². The third-order valence-corrected chi connectivity index (χ3v) is 5.96. The number of benzene rings is 1. The van der Waals surface area contributed by atoms with E-state index in [1.54, 1.807) is 47.5 Å². The number of hydrogen-bond acceptors (Lipinski definition) is 6. The van der Waals surface area contributed by atoms with Gasteiger partial charge in [-0.15, -0.1) is 0 Å². The van der Waals surface area contributed by atoms with Crippen LogP contribution in [-0.2, 0) is 16.6 Å². The molecule has 3 heterocycles. The number of thiazole rings is 1. The average molecular weight is 443 g/mol. The van der Waals surface area contributed by atoms with Gasteiger partial charge >= 0.3 is 5.97 Å². The minimum atomic E-state index is -0.645. The third kappa shape index (κ3) is 3.64. The molecule has 1 atom stereocenters. The summed E-state index contributed by atoms with van der Waals surface area (Å²) in [4.78, 5) is 31.2. The van der Waals surface area contributed by atoms with E-state index in [4.69, 9.17) is 16.3 Å². The molecule has 154 valence electrons. The minimum absolute atomic E-state index is 0.225. The molecule has 1 aromatic carbocycles. The molecule has 2 aromatic heterocycles. The zero-order chi connectivity index (χ0) is 21.4. The van der Waals surface area contributed by atoms with Gasteiger partial charge < -0.3 is 4.74 Å². The fourth-order valence-corrected chi connectivity index (χ4v) is 4.59. The van der Waals surface area contributed by atoms with E-state index in [2.05, 4.69) is 10.1 Å². The van der Waals surface area contributed by atoms with Crippen LogP contribution in [0.1, 0.15) is 31.0 Å². The largest absolute Gasteiger partial charge is 0.463 e. The van der Waals surface area contributed by atoms with Gasteiger partial charge in [0.2, 0.25) is 0 Å². The number of halogens is 1. The van der Waals surface area contributed by atoms with Crippen LogP contribution in [0.25, 0.3) is 6.08 Å². The maximum atomic E-state index is 13.4. The summed E-state index contributed by atoms with van der Waals surface area (Å²) >= 11 is 7.33. The van der Waals surface area contributed by atoms with Crippen LogP contribution in [0.2, 0.25) is 5.02 Å². The van der Waals surface area contributed by atoms with Gasteiger partial charge in [-0.05, 0) is 37.6 Å². The van der Waals surface area contributed by atoms with Crippen molar-refractivity contribution in [1.82, 2.24) is 14.3 Å². The van der Waals surface area contributed by atoms with Gasteiger partial charge in [0.1, 0.15) is 0 Å². The van der Waals surface area contributed by atoms with Crippen LogP contribution in [0.4, 0.5) is 0 Å². The number of aryl methyl sites for hydroxylation is 1. The molecule has 1 unspecified atom stereocenters. The molecular weight excluding hydrogens is 424 g/mol. The Morgan fingerprint density at radius 3 is 2.70 bits per heavy atom. The van der Waals surface area contributed by atoms with Gasteiger partial charge in [0.15, 0.2) is 4.80 Å². The first-order chi connectivity index (χ1) is 14.4. The SMILES string of the molecule is CCOC(=O)C1=C(C)N=c2s/c(=C/c3cnn(C)c3)c(=O)n2C1c1ccc(Cl)cc1. The van der Waals surface area contributed by atoms with Gasteiger partial charge in [0.25, 0.3) is 5.56 Å². The normalized spacial score (nSPS) is 16.4. The van der Waals surface area contributed by atoms with E-state index in [0.717, 1.165) is 11.1 Å². The lowest BCUT2D eigenvalue weighted by molar-refractivity contribution is -0.139. The van der Waals surface area contributed by atoms with Crippen LogP contribution in [-0.4, -0.2) is 26.9 Å². The number of rotatable bonds is 4. The summed E-state index contributed by atoms with van der Waals surface area (Å²) in [6.07, 6.45) is 5.29. The number of carbonyl (C=O) groups is 1. The third-order valence-electron chi connectivity index (χ3n) is 4.73. The molecular formula is C21H19ClN4O3S. The highest BCUT2D eigenvalue weighted by Gasteiger charge is 2.33. The Balaban J connectivity index is 1.96. The Labute approximate surface area is 181 Å². The van der Waals surface area contributed by atoms with Crippen molar-refractivity contribution in [2.75, 3.05) is 6.61 Å². The maximum absolute atomic E-state index is 13.4. The number of esters is 1. The lowest BCUT2D eigenvalue weighted by Crippen LogP contribution is -2.39. The fraction of sp³-hybridized carbons (Fsp3) is 0.238. The Morgan fingerprint density at radius 1 is 1.33 bits per heavy atom. The number of carbonyl (C=O) groups excluding carboxylic acids is 1. The van der Waals surface area contributed by atoms with E-state index in [-0.39, 0.29) is 12.2 Å². The summed E-state index contributed by atoms with van der Waals surface area (Å²) in [5.74, 6) is -0.486. The predicted octanol–water partition coefficient (Wildman–Crippen LogP) is 2.19. The number of allylic oxidation sites excluding steroid dienone is 1. The summed E-state index contributed by atoms with van der Waals surface area (Å²) in [5, 5.41) is 4.71. The highest BCUT2D eigenvalue weighted by atomic mass is 35.5. The molecule has 0 aliphatic carbocycles. The summed E-state index contributed by atoms with van der Waals surface area (Å²) in [6.45, 7) is 3.73. The molecule has 0 radical (unpaired) electrons. The van der Waals surface area contributed by atoms with Crippen molar-refractivity contribution < 1.29 is 9.53 Å². The zero-order valence-corrected chi connectivity index (χ0v) is 18.2. The molecule has 30 heavy (non-hydrogen) atoms. The number of hydrogen-bond donors (Lipinski definition) is 0. The van der Waals surface area contributed by atoms with Crippen LogP contribution in [0, 0.1) is 0 Å². The molecule has 0 saturated heterocycles. The molecule has 0 amide bonds. The molecule has 1 aliphatic rings. The first kappa shape index (κ1) is 20.3. The molecule has 7 nitrogen and oxygen atoms in total. The molecule has 4 rings (SSSR count). The van der Waals surface area contributed by atoms with Crippen LogP contribution in [0.5, 0.6) is 0 Å². The van der Waals surface area contributed by atoms with Crippen LogP contribution < -0.4 is 14.9 Å². The van der Waals surface area contributed by atoms with Gasteiger partial charge in [0.05, 0.1) is 34.6 Å². The lowest BCUT2D eigenvalue weighted by atomic mass is 9.96. The standard InChI is InChI=1S/C21H19ClN4O3S/c1-4-29-20(28)17-12(2)24-21-26(18(17)14-5-7-15(22)8-6-14)19(27)16(30-21)9-13-10-23-25(3)11-13/h5-11,18H,4H2,1-3H3/b16-9+. The molecule has 1 aliphatic heterocycles. The van der Waals surface area contributed by atoms with E-state index >= 15 is 0 Å². The molecule has 9 heteroatoms. The number of aromatic nitrogens is 3. The Hall–Kier alpha value is -2.97.